The van der Waals surface area contributed by atoms with Crippen molar-refractivity contribution in [1.82, 2.24) is 4.57 Å². The fraction of sp³-hybridized carbons (Fsp3) is 0.188. The lowest BCUT2D eigenvalue weighted by Gasteiger charge is -2.11. The molecule has 0 amide bonds. The standard InChI is InChI=1S/C16H16N2O5S2/c1-18-14-5-4-13(9-15(14)24-16(18)19)25(20,21)17-10-6-11(22-2)8-12(7-10)23-3/h4-9,17H,1-3H3. The Hall–Kier alpha value is -2.52. The third-order valence-electron chi connectivity index (χ3n) is 3.68. The Balaban J connectivity index is 2.01. The molecule has 0 aliphatic carbocycles. The van der Waals surface area contributed by atoms with Crippen LogP contribution in [-0.2, 0) is 17.1 Å². The van der Waals surface area contributed by atoms with Crippen LogP contribution in [0, 0.1) is 0 Å². The molecule has 25 heavy (non-hydrogen) atoms. The second kappa shape index (κ2) is 6.41. The zero-order valence-electron chi connectivity index (χ0n) is 13.8. The minimum absolute atomic E-state index is 0.0728. The van der Waals surface area contributed by atoms with Gasteiger partial charge in [0.05, 0.1) is 35.0 Å². The van der Waals surface area contributed by atoms with Gasteiger partial charge in [0.25, 0.3) is 10.0 Å². The molecular formula is C16H16N2O5S2. The highest BCUT2D eigenvalue weighted by Gasteiger charge is 2.17. The van der Waals surface area contributed by atoms with Crippen LogP contribution < -0.4 is 19.1 Å². The van der Waals surface area contributed by atoms with Gasteiger partial charge in [0.15, 0.2) is 0 Å². The van der Waals surface area contributed by atoms with E-state index in [0.717, 1.165) is 11.3 Å². The van der Waals surface area contributed by atoms with Gasteiger partial charge in [0.2, 0.25) is 0 Å². The van der Waals surface area contributed by atoms with Crippen LogP contribution in [-0.4, -0.2) is 27.2 Å². The molecule has 1 N–H and O–H groups in total. The molecule has 0 fully saturated rings. The summed E-state index contributed by atoms with van der Waals surface area (Å²) >= 11 is 1.00. The lowest BCUT2D eigenvalue weighted by atomic mass is 10.3. The van der Waals surface area contributed by atoms with Gasteiger partial charge in [0.1, 0.15) is 11.5 Å². The van der Waals surface area contributed by atoms with Gasteiger partial charge in [0, 0.05) is 25.2 Å². The molecule has 0 aliphatic heterocycles. The van der Waals surface area contributed by atoms with E-state index >= 15 is 0 Å². The number of rotatable bonds is 5. The van der Waals surface area contributed by atoms with E-state index in [2.05, 4.69) is 4.72 Å². The number of nitrogens with zero attached hydrogens (tertiary/aromatic N) is 1. The Morgan fingerprint density at radius 1 is 1.04 bits per heavy atom. The zero-order valence-corrected chi connectivity index (χ0v) is 15.4. The highest BCUT2D eigenvalue weighted by Crippen LogP contribution is 2.28. The number of fused-ring (bicyclic) bond motifs is 1. The Morgan fingerprint density at radius 3 is 2.28 bits per heavy atom. The van der Waals surface area contributed by atoms with Crippen LogP contribution >= 0.6 is 11.3 Å². The van der Waals surface area contributed by atoms with Crippen LogP contribution in [0.25, 0.3) is 10.2 Å². The molecule has 7 nitrogen and oxygen atoms in total. The number of hydrogen-bond donors (Lipinski definition) is 1. The smallest absolute Gasteiger partial charge is 0.307 e. The third kappa shape index (κ3) is 3.33. The minimum Gasteiger partial charge on any atom is -0.497 e. The van der Waals surface area contributed by atoms with Gasteiger partial charge in [-0.1, -0.05) is 11.3 Å². The molecule has 1 aromatic heterocycles. The summed E-state index contributed by atoms with van der Waals surface area (Å²) in [6.45, 7) is 0. The second-order valence-electron chi connectivity index (χ2n) is 5.26. The maximum absolute atomic E-state index is 12.7. The van der Waals surface area contributed by atoms with Gasteiger partial charge in [-0.05, 0) is 18.2 Å². The molecule has 2 aromatic carbocycles. The molecule has 9 heteroatoms. The van der Waals surface area contributed by atoms with Crippen molar-refractivity contribution in [2.45, 2.75) is 4.90 Å². The maximum Gasteiger partial charge on any atom is 0.307 e. The van der Waals surface area contributed by atoms with E-state index in [9.17, 15) is 13.2 Å². The molecule has 132 valence electrons. The van der Waals surface area contributed by atoms with Crippen molar-refractivity contribution in [3.05, 3.63) is 46.1 Å². The van der Waals surface area contributed by atoms with E-state index in [1.807, 2.05) is 0 Å². The number of sulfonamides is 1. The van der Waals surface area contributed by atoms with Crippen LogP contribution in [0.5, 0.6) is 11.5 Å². The average molecular weight is 380 g/mol. The summed E-state index contributed by atoms with van der Waals surface area (Å²) in [6.07, 6.45) is 0. The van der Waals surface area contributed by atoms with Gasteiger partial charge < -0.3 is 14.0 Å². The van der Waals surface area contributed by atoms with Crippen LogP contribution in [0.4, 0.5) is 5.69 Å². The topological polar surface area (TPSA) is 86.6 Å². The summed E-state index contributed by atoms with van der Waals surface area (Å²) in [7, 11) is 0.794. The molecule has 0 radical (unpaired) electrons. The number of methoxy groups -OCH3 is 2. The van der Waals surface area contributed by atoms with Gasteiger partial charge in [-0.15, -0.1) is 0 Å². The van der Waals surface area contributed by atoms with Crippen LogP contribution in [0.15, 0.2) is 46.1 Å². The largest absolute Gasteiger partial charge is 0.497 e. The van der Waals surface area contributed by atoms with Crippen molar-refractivity contribution in [2.75, 3.05) is 18.9 Å². The van der Waals surface area contributed by atoms with Crippen molar-refractivity contribution in [3.8, 4) is 11.5 Å². The third-order valence-corrected chi connectivity index (χ3v) is 6.05. The summed E-state index contributed by atoms with van der Waals surface area (Å²) in [5.74, 6) is 0.933. The molecule has 0 bridgehead atoms. The molecule has 1 heterocycles. The van der Waals surface area contributed by atoms with Gasteiger partial charge in [-0.25, -0.2) is 8.42 Å². The van der Waals surface area contributed by atoms with Crippen molar-refractivity contribution in [2.24, 2.45) is 7.05 Å². The van der Waals surface area contributed by atoms with Crippen LogP contribution in [0.2, 0.25) is 0 Å². The fourth-order valence-electron chi connectivity index (χ4n) is 2.36. The van der Waals surface area contributed by atoms with Crippen LogP contribution in [0.3, 0.4) is 0 Å². The first-order valence-corrected chi connectivity index (χ1v) is 9.49. The van der Waals surface area contributed by atoms with E-state index < -0.39 is 10.0 Å². The van der Waals surface area contributed by atoms with E-state index in [1.165, 1.54) is 30.9 Å². The number of ether oxygens (including phenoxy) is 2. The van der Waals surface area contributed by atoms with E-state index in [0.29, 0.717) is 27.4 Å². The predicted molar refractivity (Wildman–Crippen MR) is 97.4 cm³/mol. The quantitative estimate of drug-likeness (QED) is 0.735. The van der Waals surface area contributed by atoms with Crippen molar-refractivity contribution in [1.29, 1.82) is 0 Å². The fourth-order valence-corrected chi connectivity index (χ4v) is 4.42. The molecule has 3 aromatic rings. The zero-order chi connectivity index (χ0) is 18.2. The van der Waals surface area contributed by atoms with Gasteiger partial charge in [-0.3, -0.25) is 9.52 Å². The van der Waals surface area contributed by atoms with E-state index in [-0.39, 0.29) is 9.77 Å². The maximum atomic E-state index is 12.7. The van der Waals surface area contributed by atoms with Gasteiger partial charge >= 0.3 is 4.87 Å². The van der Waals surface area contributed by atoms with Crippen molar-refractivity contribution < 1.29 is 17.9 Å². The molecule has 0 aliphatic rings. The van der Waals surface area contributed by atoms with Crippen LogP contribution in [0.1, 0.15) is 0 Å². The highest BCUT2D eigenvalue weighted by molar-refractivity contribution is 7.92. The summed E-state index contributed by atoms with van der Waals surface area (Å²) < 4.78 is 40.2. The second-order valence-corrected chi connectivity index (χ2v) is 7.94. The Kier molecular flexibility index (Phi) is 4.44. The molecule has 3 rings (SSSR count). The monoisotopic (exact) mass is 380 g/mol. The number of thiazole rings is 1. The number of benzene rings is 2. The normalized spacial score (nSPS) is 11.5. The number of nitrogens with one attached hydrogen (secondary N) is 1. The average Bonchev–Trinajstić information content (AvgIpc) is 2.88. The summed E-state index contributed by atoms with van der Waals surface area (Å²) in [6, 6.07) is 9.33. The first-order valence-electron chi connectivity index (χ1n) is 7.19. The molecule has 0 saturated carbocycles. The molecule has 0 saturated heterocycles. The molecule has 0 unspecified atom stereocenters. The Bertz CT molecular complexity index is 1080. The van der Waals surface area contributed by atoms with E-state index in [4.69, 9.17) is 9.47 Å². The molecular weight excluding hydrogens is 364 g/mol. The van der Waals surface area contributed by atoms with Crippen molar-refractivity contribution >= 4 is 37.3 Å². The summed E-state index contributed by atoms with van der Waals surface area (Å²) in [5.41, 5.74) is 1.01. The Morgan fingerprint density at radius 2 is 1.68 bits per heavy atom. The number of aryl methyl sites for hydroxylation is 1. The van der Waals surface area contributed by atoms with Crippen molar-refractivity contribution in [3.63, 3.8) is 0 Å². The molecule has 0 atom stereocenters. The lowest BCUT2D eigenvalue weighted by Crippen LogP contribution is -2.13. The minimum atomic E-state index is -3.82. The number of hydrogen-bond acceptors (Lipinski definition) is 6. The number of aromatic nitrogens is 1. The summed E-state index contributed by atoms with van der Waals surface area (Å²) in [5, 5.41) is 0. The highest BCUT2D eigenvalue weighted by atomic mass is 32.2. The molecule has 0 spiro atoms. The first kappa shape index (κ1) is 17.3. The van der Waals surface area contributed by atoms with Gasteiger partial charge in [-0.2, -0.15) is 0 Å². The Labute approximate surface area is 148 Å². The van der Waals surface area contributed by atoms with E-state index in [1.54, 1.807) is 31.3 Å². The summed E-state index contributed by atoms with van der Waals surface area (Å²) in [4.78, 5) is 11.6. The lowest BCUT2D eigenvalue weighted by molar-refractivity contribution is 0.395. The number of anilines is 1. The predicted octanol–water partition coefficient (Wildman–Crippen LogP) is 2.42. The SMILES string of the molecule is COc1cc(NS(=O)(=O)c2ccc3c(c2)sc(=O)n3C)cc(OC)c1. The first-order chi connectivity index (χ1) is 11.8.